The summed E-state index contributed by atoms with van der Waals surface area (Å²) < 4.78 is 5.59. The molecular formula is C16H25NO. The van der Waals surface area contributed by atoms with Crippen LogP contribution in [0, 0.1) is 0 Å². The first-order valence-corrected chi connectivity index (χ1v) is 7.18. The lowest BCUT2D eigenvalue weighted by Crippen LogP contribution is -2.42. The van der Waals surface area contributed by atoms with Crippen LogP contribution in [0.25, 0.3) is 0 Å². The largest absolute Gasteiger partial charge is 0.380 e. The second-order valence-corrected chi connectivity index (χ2v) is 5.17. The molecule has 0 amide bonds. The van der Waals surface area contributed by atoms with Gasteiger partial charge in [0.05, 0.1) is 6.10 Å². The molecule has 1 N–H and O–H groups in total. The molecule has 100 valence electrons. The van der Waals surface area contributed by atoms with Crippen LogP contribution in [0.5, 0.6) is 0 Å². The third kappa shape index (κ3) is 3.33. The minimum Gasteiger partial charge on any atom is -0.380 e. The highest BCUT2D eigenvalue weighted by Gasteiger charge is 2.24. The highest BCUT2D eigenvalue weighted by molar-refractivity contribution is 5.26. The molecule has 2 rings (SSSR count). The lowest BCUT2D eigenvalue weighted by molar-refractivity contribution is 0.0413. The van der Waals surface area contributed by atoms with E-state index < -0.39 is 0 Å². The number of ether oxygens (including phenoxy) is 1. The molecule has 18 heavy (non-hydrogen) atoms. The van der Waals surface area contributed by atoms with Crippen molar-refractivity contribution in [3.8, 4) is 0 Å². The maximum atomic E-state index is 5.59. The quantitative estimate of drug-likeness (QED) is 0.862. The topological polar surface area (TPSA) is 21.3 Å². The molecule has 2 unspecified atom stereocenters. The molecule has 1 aromatic rings. The molecule has 2 heteroatoms. The van der Waals surface area contributed by atoms with Crippen molar-refractivity contribution >= 4 is 0 Å². The molecule has 0 bridgehead atoms. The van der Waals surface area contributed by atoms with Crippen LogP contribution in [0.4, 0.5) is 0 Å². The van der Waals surface area contributed by atoms with E-state index in [1.807, 2.05) is 7.11 Å². The Balaban J connectivity index is 1.93. The van der Waals surface area contributed by atoms with Gasteiger partial charge in [-0.3, -0.25) is 0 Å². The van der Waals surface area contributed by atoms with Gasteiger partial charge in [-0.25, -0.2) is 0 Å². The highest BCUT2D eigenvalue weighted by Crippen LogP contribution is 2.21. The van der Waals surface area contributed by atoms with Crippen molar-refractivity contribution in [2.75, 3.05) is 7.11 Å². The standard InChI is InChI=1S/C16H25NO/c1-3-13-8-4-5-9-14(13)12-17-15-10-6-7-11-16(15)18-2/h4-5,8-9,15-17H,3,6-7,10-12H2,1-2H3. The minimum atomic E-state index is 0.396. The van der Waals surface area contributed by atoms with Gasteiger partial charge in [-0.05, 0) is 30.4 Å². The fourth-order valence-electron chi connectivity index (χ4n) is 2.93. The van der Waals surface area contributed by atoms with Crippen molar-refractivity contribution in [2.24, 2.45) is 0 Å². The lowest BCUT2D eigenvalue weighted by Gasteiger charge is -2.31. The molecule has 1 aliphatic rings. The summed E-state index contributed by atoms with van der Waals surface area (Å²) in [6.45, 7) is 3.19. The number of aryl methyl sites for hydroxylation is 1. The van der Waals surface area contributed by atoms with Crippen molar-refractivity contribution in [3.63, 3.8) is 0 Å². The van der Waals surface area contributed by atoms with E-state index in [1.165, 1.54) is 36.8 Å². The SMILES string of the molecule is CCc1ccccc1CNC1CCCCC1OC. The Morgan fingerprint density at radius 1 is 1.17 bits per heavy atom. The Morgan fingerprint density at radius 2 is 1.89 bits per heavy atom. The molecule has 0 aliphatic heterocycles. The van der Waals surface area contributed by atoms with E-state index in [4.69, 9.17) is 4.74 Å². The zero-order valence-electron chi connectivity index (χ0n) is 11.6. The summed E-state index contributed by atoms with van der Waals surface area (Å²) in [5, 5.41) is 3.69. The molecule has 0 saturated heterocycles. The molecule has 0 heterocycles. The Kier molecular flexibility index (Phi) is 5.21. The molecule has 0 radical (unpaired) electrons. The van der Waals surface area contributed by atoms with Gasteiger partial charge in [-0.1, -0.05) is 44.0 Å². The summed E-state index contributed by atoms with van der Waals surface area (Å²) in [6, 6.07) is 9.24. The van der Waals surface area contributed by atoms with Crippen molar-refractivity contribution in [3.05, 3.63) is 35.4 Å². The van der Waals surface area contributed by atoms with Gasteiger partial charge in [0.1, 0.15) is 0 Å². The van der Waals surface area contributed by atoms with Crippen LogP contribution in [-0.4, -0.2) is 19.3 Å². The molecule has 0 aromatic heterocycles. The normalized spacial score (nSPS) is 24.1. The van der Waals surface area contributed by atoms with E-state index in [1.54, 1.807) is 0 Å². The van der Waals surface area contributed by atoms with Gasteiger partial charge in [0.2, 0.25) is 0 Å². The van der Waals surface area contributed by atoms with E-state index in [0.29, 0.717) is 12.1 Å². The number of benzene rings is 1. The van der Waals surface area contributed by atoms with E-state index in [0.717, 1.165) is 13.0 Å². The second kappa shape index (κ2) is 6.91. The van der Waals surface area contributed by atoms with Crippen molar-refractivity contribution in [1.82, 2.24) is 5.32 Å². The van der Waals surface area contributed by atoms with Gasteiger partial charge in [0, 0.05) is 19.7 Å². The summed E-state index contributed by atoms with van der Waals surface area (Å²) in [5.74, 6) is 0. The summed E-state index contributed by atoms with van der Waals surface area (Å²) in [4.78, 5) is 0. The third-order valence-corrected chi connectivity index (χ3v) is 4.06. The number of nitrogens with one attached hydrogen (secondary N) is 1. The van der Waals surface area contributed by atoms with E-state index in [2.05, 4.69) is 36.5 Å². The zero-order chi connectivity index (χ0) is 12.8. The number of hydrogen-bond acceptors (Lipinski definition) is 2. The van der Waals surface area contributed by atoms with Gasteiger partial charge in [0.25, 0.3) is 0 Å². The average molecular weight is 247 g/mol. The van der Waals surface area contributed by atoms with Gasteiger partial charge in [-0.2, -0.15) is 0 Å². The van der Waals surface area contributed by atoms with Crippen LogP contribution in [0.3, 0.4) is 0 Å². The van der Waals surface area contributed by atoms with Crippen LogP contribution in [0.1, 0.15) is 43.7 Å². The molecule has 2 nitrogen and oxygen atoms in total. The first-order valence-electron chi connectivity index (χ1n) is 7.18. The molecule has 1 aliphatic carbocycles. The Morgan fingerprint density at radius 3 is 2.61 bits per heavy atom. The summed E-state index contributed by atoms with van der Waals surface area (Å²) in [5.41, 5.74) is 2.88. The number of hydrogen-bond donors (Lipinski definition) is 1. The monoisotopic (exact) mass is 247 g/mol. The first-order chi connectivity index (χ1) is 8.85. The lowest BCUT2D eigenvalue weighted by atomic mass is 9.92. The number of rotatable bonds is 5. The van der Waals surface area contributed by atoms with Crippen LogP contribution < -0.4 is 5.32 Å². The molecule has 1 aromatic carbocycles. The Bertz CT molecular complexity index is 364. The molecular weight excluding hydrogens is 222 g/mol. The Labute approximate surface area is 111 Å². The smallest absolute Gasteiger partial charge is 0.0724 e. The predicted molar refractivity (Wildman–Crippen MR) is 75.7 cm³/mol. The van der Waals surface area contributed by atoms with Crippen LogP contribution >= 0.6 is 0 Å². The Hall–Kier alpha value is -0.860. The predicted octanol–water partition coefficient (Wildman–Crippen LogP) is 3.30. The maximum absolute atomic E-state index is 5.59. The van der Waals surface area contributed by atoms with Gasteiger partial charge >= 0.3 is 0 Å². The van der Waals surface area contributed by atoms with Gasteiger partial charge < -0.3 is 10.1 Å². The van der Waals surface area contributed by atoms with E-state index in [-0.39, 0.29) is 0 Å². The minimum absolute atomic E-state index is 0.396. The van der Waals surface area contributed by atoms with Gasteiger partial charge in [0.15, 0.2) is 0 Å². The van der Waals surface area contributed by atoms with Crippen molar-refractivity contribution in [2.45, 2.75) is 57.7 Å². The number of methoxy groups -OCH3 is 1. The van der Waals surface area contributed by atoms with E-state index >= 15 is 0 Å². The summed E-state index contributed by atoms with van der Waals surface area (Å²) in [6.07, 6.45) is 6.58. The zero-order valence-corrected chi connectivity index (χ0v) is 11.6. The molecule has 1 saturated carbocycles. The van der Waals surface area contributed by atoms with E-state index in [9.17, 15) is 0 Å². The highest BCUT2D eigenvalue weighted by atomic mass is 16.5. The summed E-state index contributed by atoms with van der Waals surface area (Å²) >= 11 is 0. The molecule has 1 fully saturated rings. The molecule has 0 spiro atoms. The van der Waals surface area contributed by atoms with Crippen molar-refractivity contribution in [1.29, 1.82) is 0 Å². The maximum Gasteiger partial charge on any atom is 0.0724 e. The average Bonchev–Trinajstić information content (AvgIpc) is 2.45. The van der Waals surface area contributed by atoms with Crippen LogP contribution in [0.2, 0.25) is 0 Å². The van der Waals surface area contributed by atoms with Gasteiger partial charge in [-0.15, -0.1) is 0 Å². The summed E-state index contributed by atoms with van der Waals surface area (Å²) in [7, 11) is 1.84. The molecule has 2 atom stereocenters. The third-order valence-electron chi connectivity index (χ3n) is 4.06. The van der Waals surface area contributed by atoms with Crippen molar-refractivity contribution < 1.29 is 4.74 Å². The van der Waals surface area contributed by atoms with Crippen LogP contribution in [-0.2, 0) is 17.7 Å². The first kappa shape index (κ1) is 13.6. The fraction of sp³-hybridized carbons (Fsp3) is 0.625. The fourth-order valence-corrected chi connectivity index (χ4v) is 2.93. The van der Waals surface area contributed by atoms with Crippen LogP contribution in [0.15, 0.2) is 24.3 Å². The second-order valence-electron chi connectivity index (χ2n) is 5.17.